The first-order valence-electron chi connectivity index (χ1n) is 6.09. The van der Waals surface area contributed by atoms with Crippen LogP contribution in [0, 0.1) is 0 Å². The first-order valence-corrected chi connectivity index (χ1v) is 7.98. The summed E-state index contributed by atoms with van der Waals surface area (Å²) in [4.78, 5) is 22.8. The summed E-state index contributed by atoms with van der Waals surface area (Å²) in [6.45, 7) is 1.91. The Bertz CT molecular complexity index is 589. The van der Waals surface area contributed by atoms with E-state index in [-0.39, 0.29) is 10.9 Å². The molecular weight excluding hydrogens is 286 g/mol. The fourth-order valence-electron chi connectivity index (χ4n) is 1.54. The van der Waals surface area contributed by atoms with Crippen LogP contribution in [-0.2, 0) is 14.6 Å². The zero-order valence-electron chi connectivity index (χ0n) is 11.3. The van der Waals surface area contributed by atoms with Crippen LogP contribution in [0.1, 0.15) is 36.7 Å². The highest BCUT2D eigenvalue weighted by molar-refractivity contribution is 7.90. The molecule has 0 aliphatic heterocycles. The highest BCUT2D eigenvalue weighted by Crippen LogP contribution is 2.14. The molecule has 0 bridgehead atoms. The third-order valence-electron chi connectivity index (χ3n) is 2.62. The lowest BCUT2D eigenvalue weighted by atomic mass is 10.1. The van der Waals surface area contributed by atoms with Crippen molar-refractivity contribution in [2.24, 2.45) is 0 Å². The largest absolute Gasteiger partial charge is 0.480 e. The molecule has 0 spiro atoms. The van der Waals surface area contributed by atoms with Gasteiger partial charge in [-0.1, -0.05) is 19.8 Å². The Morgan fingerprint density at radius 2 is 2.05 bits per heavy atom. The van der Waals surface area contributed by atoms with Crippen molar-refractivity contribution in [3.8, 4) is 0 Å². The zero-order valence-corrected chi connectivity index (χ0v) is 12.1. The second-order valence-electron chi connectivity index (χ2n) is 4.40. The van der Waals surface area contributed by atoms with Crippen LogP contribution in [0.5, 0.6) is 0 Å². The van der Waals surface area contributed by atoms with E-state index in [9.17, 15) is 18.0 Å². The third kappa shape index (κ3) is 4.37. The number of hydrogen-bond acceptors (Lipinski definition) is 5. The highest BCUT2D eigenvalue weighted by atomic mass is 32.2. The molecule has 7 nitrogen and oxygen atoms in total. The average molecular weight is 303 g/mol. The number of aliphatic carboxylic acids is 1. The molecule has 1 aromatic rings. The molecule has 0 aliphatic rings. The van der Waals surface area contributed by atoms with Gasteiger partial charge < -0.3 is 14.8 Å². The van der Waals surface area contributed by atoms with Gasteiger partial charge in [-0.15, -0.1) is 0 Å². The Morgan fingerprint density at radius 3 is 2.50 bits per heavy atom. The molecule has 0 aromatic carbocycles. The maximum atomic E-state index is 11.8. The predicted molar refractivity (Wildman–Crippen MR) is 70.2 cm³/mol. The Labute approximate surface area is 116 Å². The van der Waals surface area contributed by atoms with Gasteiger partial charge in [0.1, 0.15) is 6.04 Å². The van der Waals surface area contributed by atoms with Gasteiger partial charge in [-0.3, -0.25) is 4.79 Å². The van der Waals surface area contributed by atoms with E-state index in [2.05, 4.69) is 5.32 Å². The lowest BCUT2D eigenvalue weighted by molar-refractivity contribution is -0.139. The topological polar surface area (TPSA) is 114 Å². The molecule has 0 radical (unpaired) electrons. The molecule has 8 heteroatoms. The number of carboxylic acids is 1. The maximum Gasteiger partial charge on any atom is 0.326 e. The minimum absolute atomic E-state index is 0.229. The van der Waals surface area contributed by atoms with Crippen molar-refractivity contribution in [1.82, 2.24) is 5.32 Å². The molecule has 0 saturated carbocycles. The molecule has 1 rings (SSSR count). The summed E-state index contributed by atoms with van der Waals surface area (Å²) in [6.07, 6.45) is 2.72. The SMILES string of the molecule is CCCCC(NC(=O)c1ccc(S(C)(=O)=O)o1)C(=O)O. The Hall–Kier alpha value is -1.83. The van der Waals surface area contributed by atoms with Gasteiger partial charge >= 0.3 is 5.97 Å². The molecular formula is C12H17NO6S. The van der Waals surface area contributed by atoms with Crippen LogP contribution >= 0.6 is 0 Å². The minimum Gasteiger partial charge on any atom is -0.480 e. The number of carbonyl (C=O) groups is 2. The standard InChI is InChI=1S/C12H17NO6S/c1-3-4-5-8(12(15)16)13-11(14)9-6-7-10(19-9)20(2,17)18/h6-8H,3-5H2,1-2H3,(H,13,14)(H,15,16). The molecule has 1 aromatic heterocycles. The van der Waals surface area contributed by atoms with Crippen molar-refractivity contribution in [2.45, 2.75) is 37.3 Å². The number of furan rings is 1. The maximum absolute atomic E-state index is 11.8. The van der Waals surface area contributed by atoms with Crippen molar-refractivity contribution in [2.75, 3.05) is 6.26 Å². The molecule has 20 heavy (non-hydrogen) atoms. The fourth-order valence-corrected chi connectivity index (χ4v) is 2.09. The Kier molecular flexibility index (Phi) is 5.32. The van der Waals surface area contributed by atoms with Crippen molar-refractivity contribution in [3.05, 3.63) is 17.9 Å². The Morgan fingerprint density at radius 1 is 1.40 bits per heavy atom. The zero-order chi connectivity index (χ0) is 15.3. The van der Waals surface area contributed by atoms with Crippen LogP contribution in [-0.4, -0.2) is 37.7 Å². The molecule has 1 heterocycles. The molecule has 112 valence electrons. The van der Waals surface area contributed by atoms with Gasteiger partial charge in [0.05, 0.1) is 0 Å². The van der Waals surface area contributed by atoms with Gasteiger partial charge in [0.25, 0.3) is 5.91 Å². The van der Waals surface area contributed by atoms with Crippen molar-refractivity contribution >= 4 is 21.7 Å². The van der Waals surface area contributed by atoms with Gasteiger partial charge in [0.2, 0.25) is 14.9 Å². The molecule has 1 unspecified atom stereocenters. The first kappa shape index (κ1) is 16.2. The van der Waals surface area contributed by atoms with E-state index in [4.69, 9.17) is 9.52 Å². The van der Waals surface area contributed by atoms with Crippen LogP contribution in [0.3, 0.4) is 0 Å². The molecule has 0 aliphatic carbocycles. The summed E-state index contributed by atoms with van der Waals surface area (Å²) in [5, 5.41) is 11.0. The summed E-state index contributed by atoms with van der Waals surface area (Å²) in [7, 11) is -3.54. The van der Waals surface area contributed by atoms with E-state index in [1.807, 2.05) is 6.92 Å². The van der Waals surface area contributed by atoms with E-state index in [0.29, 0.717) is 12.8 Å². The van der Waals surface area contributed by atoms with Crippen molar-refractivity contribution in [3.63, 3.8) is 0 Å². The van der Waals surface area contributed by atoms with Gasteiger partial charge in [-0.2, -0.15) is 0 Å². The van der Waals surface area contributed by atoms with E-state index in [1.165, 1.54) is 6.07 Å². The van der Waals surface area contributed by atoms with E-state index in [1.54, 1.807) is 0 Å². The highest BCUT2D eigenvalue weighted by Gasteiger charge is 2.23. The predicted octanol–water partition coefficient (Wildman–Crippen LogP) is 1.06. The number of unbranched alkanes of at least 4 members (excludes halogenated alkanes) is 1. The second-order valence-corrected chi connectivity index (χ2v) is 6.34. The molecule has 0 saturated heterocycles. The van der Waals surface area contributed by atoms with Crippen LogP contribution in [0.15, 0.2) is 21.6 Å². The molecule has 2 N–H and O–H groups in total. The number of hydrogen-bond donors (Lipinski definition) is 2. The molecule has 1 amide bonds. The third-order valence-corrected chi connectivity index (χ3v) is 3.57. The number of sulfone groups is 1. The summed E-state index contributed by atoms with van der Waals surface area (Å²) < 4.78 is 27.3. The fraction of sp³-hybridized carbons (Fsp3) is 0.500. The Balaban J connectivity index is 2.79. The summed E-state index contributed by atoms with van der Waals surface area (Å²) in [5.41, 5.74) is 0. The summed E-state index contributed by atoms with van der Waals surface area (Å²) in [5.74, 6) is -2.11. The summed E-state index contributed by atoms with van der Waals surface area (Å²) >= 11 is 0. The number of carboxylic acid groups (broad SMARTS) is 1. The quantitative estimate of drug-likeness (QED) is 0.778. The summed E-state index contributed by atoms with van der Waals surface area (Å²) in [6, 6.07) is 1.34. The van der Waals surface area contributed by atoms with Crippen LogP contribution < -0.4 is 5.32 Å². The van der Waals surface area contributed by atoms with E-state index < -0.39 is 27.8 Å². The second kappa shape index (κ2) is 6.56. The van der Waals surface area contributed by atoms with Gasteiger partial charge in [0.15, 0.2) is 5.76 Å². The van der Waals surface area contributed by atoms with Crippen LogP contribution in [0.25, 0.3) is 0 Å². The number of carbonyl (C=O) groups excluding carboxylic acids is 1. The number of rotatable bonds is 7. The van der Waals surface area contributed by atoms with Crippen molar-refractivity contribution in [1.29, 1.82) is 0 Å². The van der Waals surface area contributed by atoms with E-state index in [0.717, 1.165) is 18.7 Å². The molecule has 1 atom stereocenters. The lowest BCUT2D eigenvalue weighted by Gasteiger charge is -2.12. The van der Waals surface area contributed by atoms with Crippen LogP contribution in [0.2, 0.25) is 0 Å². The number of nitrogens with one attached hydrogen (secondary N) is 1. The van der Waals surface area contributed by atoms with Gasteiger partial charge in [-0.05, 0) is 18.6 Å². The minimum atomic E-state index is -3.54. The first-order chi connectivity index (χ1) is 9.25. The smallest absolute Gasteiger partial charge is 0.326 e. The molecule has 0 fully saturated rings. The monoisotopic (exact) mass is 303 g/mol. The van der Waals surface area contributed by atoms with Crippen LogP contribution in [0.4, 0.5) is 0 Å². The normalized spacial score (nSPS) is 12.9. The van der Waals surface area contributed by atoms with Gasteiger partial charge in [0, 0.05) is 6.26 Å². The van der Waals surface area contributed by atoms with Gasteiger partial charge in [-0.25, -0.2) is 13.2 Å². The van der Waals surface area contributed by atoms with E-state index >= 15 is 0 Å². The van der Waals surface area contributed by atoms with Crippen molar-refractivity contribution < 1.29 is 27.5 Å². The average Bonchev–Trinajstić information content (AvgIpc) is 2.83. The number of amides is 1. The lowest BCUT2D eigenvalue weighted by Crippen LogP contribution is -2.40.